The Hall–Kier alpha value is -1.43. The van der Waals surface area contributed by atoms with Gasteiger partial charge in [-0.2, -0.15) is 4.89 Å². The minimum Gasteiger partial charge on any atom is -0.290 e. The summed E-state index contributed by atoms with van der Waals surface area (Å²) in [7, 11) is 0. The normalized spacial score (nSPS) is 13.1. The molecule has 0 fully saturated rings. The maximum atomic E-state index is 11.5. The Kier molecular flexibility index (Phi) is 5.27. The molecule has 0 heterocycles. The summed E-state index contributed by atoms with van der Waals surface area (Å²) in [5.41, 5.74) is -0.0532. The fourth-order valence-electron chi connectivity index (χ4n) is 0.962. The molecule has 0 saturated carbocycles. The van der Waals surface area contributed by atoms with Crippen LogP contribution in [0.5, 0.6) is 0 Å². The molecule has 1 aromatic carbocycles. The Labute approximate surface area is 106 Å². The van der Waals surface area contributed by atoms with E-state index in [-0.39, 0.29) is 0 Å². The highest BCUT2D eigenvalue weighted by atomic mass is 17.3. The molecule has 1 rings (SSSR count). The quantitative estimate of drug-likeness (QED) is 0.459. The molecule has 0 saturated heterocycles. The number of carbonyl (C=O) groups is 1. The van der Waals surface area contributed by atoms with Crippen LogP contribution in [-0.4, -0.2) is 17.9 Å². The van der Waals surface area contributed by atoms with Gasteiger partial charge >= 0.3 is 5.97 Å². The summed E-state index contributed by atoms with van der Waals surface area (Å²) in [6, 6.07) is 8.53. The monoisotopic (exact) mass is 254 g/mol. The van der Waals surface area contributed by atoms with Gasteiger partial charge in [0.25, 0.3) is 0 Å². The molecular weight excluding hydrogens is 236 g/mol. The van der Waals surface area contributed by atoms with Gasteiger partial charge in [-0.15, -0.1) is 4.89 Å². The second kappa shape index (κ2) is 6.49. The van der Waals surface area contributed by atoms with Crippen LogP contribution in [0.2, 0.25) is 0 Å². The predicted octanol–water partition coefficient (Wildman–Crippen LogP) is 2.87. The maximum Gasteiger partial charge on any atom is 0.373 e. The summed E-state index contributed by atoms with van der Waals surface area (Å²) in [6.07, 6.45) is -0.808. The van der Waals surface area contributed by atoms with Crippen molar-refractivity contribution in [2.24, 2.45) is 0 Å². The summed E-state index contributed by atoms with van der Waals surface area (Å²) in [6.45, 7) is 7.05. The van der Waals surface area contributed by atoms with Gasteiger partial charge in [0.2, 0.25) is 6.29 Å². The lowest BCUT2D eigenvalue weighted by Crippen LogP contribution is -2.25. The lowest BCUT2D eigenvalue weighted by Gasteiger charge is -2.20. The van der Waals surface area contributed by atoms with Crippen LogP contribution < -0.4 is 0 Å². The van der Waals surface area contributed by atoms with Crippen molar-refractivity contribution in [1.82, 2.24) is 0 Å². The molecule has 1 aromatic rings. The van der Waals surface area contributed by atoms with Crippen molar-refractivity contribution in [3.8, 4) is 0 Å². The third kappa shape index (κ3) is 5.77. The van der Waals surface area contributed by atoms with Gasteiger partial charge in [-0.05, 0) is 39.8 Å². The highest BCUT2D eigenvalue weighted by Crippen LogP contribution is 2.10. The zero-order valence-electron chi connectivity index (χ0n) is 11.0. The average Bonchev–Trinajstić information content (AvgIpc) is 2.33. The molecule has 1 unspecified atom stereocenters. The molecule has 0 aliphatic rings. The molecule has 0 radical (unpaired) electrons. The molecule has 100 valence electrons. The van der Waals surface area contributed by atoms with Crippen molar-refractivity contribution in [2.75, 3.05) is 0 Å². The lowest BCUT2D eigenvalue weighted by atomic mass is 10.2. The Morgan fingerprint density at radius 2 is 1.72 bits per heavy atom. The number of carbonyl (C=O) groups excluding carboxylic acids is 1. The zero-order chi connectivity index (χ0) is 13.6. The fourth-order valence-corrected chi connectivity index (χ4v) is 0.962. The molecular formula is C13H18O5. The van der Waals surface area contributed by atoms with Gasteiger partial charge < -0.3 is 0 Å². The van der Waals surface area contributed by atoms with E-state index in [1.807, 2.05) is 20.8 Å². The SMILES string of the molecule is CC(OOC(=O)c1ccccc1)OOC(C)(C)C. The van der Waals surface area contributed by atoms with E-state index in [1.54, 1.807) is 37.3 Å². The highest BCUT2D eigenvalue weighted by Gasteiger charge is 2.16. The molecule has 0 bridgehead atoms. The Bertz CT molecular complexity index is 369. The summed E-state index contributed by atoms with van der Waals surface area (Å²) < 4.78 is 0. The van der Waals surface area contributed by atoms with Gasteiger partial charge in [0.05, 0.1) is 11.2 Å². The fraction of sp³-hybridized carbons (Fsp3) is 0.462. The summed E-state index contributed by atoms with van der Waals surface area (Å²) in [5, 5.41) is 0. The molecule has 0 spiro atoms. The van der Waals surface area contributed by atoms with E-state index in [4.69, 9.17) is 14.7 Å². The van der Waals surface area contributed by atoms with Crippen molar-refractivity contribution in [3.63, 3.8) is 0 Å². The third-order valence-electron chi connectivity index (χ3n) is 1.70. The first-order valence-electron chi connectivity index (χ1n) is 5.66. The maximum absolute atomic E-state index is 11.5. The molecule has 5 nitrogen and oxygen atoms in total. The van der Waals surface area contributed by atoms with Gasteiger partial charge in [0.15, 0.2) is 0 Å². The number of rotatable bonds is 5. The van der Waals surface area contributed by atoms with Crippen LogP contribution in [0.25, 0.3) is 0 Å². The lowest BCUT2D eigenvalue weighted by molar-refractivity contribution is -0.461. The minimum atomic E-state index is -0.808. The van der Waals surface area contributed by atoms with E-state index in [0.717, 1.165) is 0 Å². The topological polar surface area (TPSA) is 54.0 Å². The van der Waals surface area contributed by atoms with Crippen LogP contribution in [-0.2, 0) is 19.6 Å². The molecule has 18 heavy (non-hydrogen) atoms. The molecule has 0 aromatic heterocycles. The molecule has 0 aliphatic heterocycles. The van der Waals surface area contributed by atoms with E-state index < -0.39 is 17.9 Å². The first kappa shape index (κ1) is 14.6. The number of hydrogen-bond acceptors (Lipinski definition) is 5. The van der Waals surface area contributed by atoms with Crippen LogP contribution in [0, 0.1) is 0 Å². The second-order valence-corrected chi connectivity index (χ2v) is 4.69. The van der Waals surface area contributed by atoms with E-state index in [1.165, 1.54) is 0 Å². The van der Waals surface area contributed by atoms with Gasteiger partial charge in [-0.25, -0.2) is 9.68 Å². The average molecular weight is 254 g/mol. The zero-order valence-corrected chi connectivity index (χ0v) is 11.0. The summed E-state index contributed by atoms with van der Waals surface area (Å²) in [5.74, 6) is -0.582. The highest BCUT2D eigenvalue weighted by molar-refractivity contribution is 5.88. The number of benzene rings is 1. The van der Waals surface area contributed by atoms with Gasteiger partial charge in [-0.3, -0.25) is 4.89 Å². The van der Waals surface area contributed by atoms with Crippen LogP contribution in [0.4, 0.5) is 0 Å². The van der Waals surface area contributed by atoms with Crippen LogP contribution in [0.1, 0.15) is 38.1 Å². The molecule has 0 N–H and O–H groups in total. The largest absolute Gasteiger partial charge is 0.373 e. The van der Waals surface area contributed by atoms with Crippen LogP contribution in [0.15, 0.2) is 30.3 Å². The van der Waals surface area contributed by atoms with Crippen LogP contribution >= 0.6 is 0 Å². The number of hydrogen-bond donors (Lipinski definition) is 0. The standard InChI is InChI=1S/C13H18O5/c1-10(16-18-13(2,3)4)15-17-12(14)11-8-6-5-7-9-11/h5-10H,1-4H3. The third-order valence-corrected chi connectivity index (χ3v) is 1.70. The minimum absolute atomic E-state index is 0.404. The van der Waals surface area contributed by atoms with Crippen LogP contribution in [0.3, 0.4) is 0 Å². The summed E-state index contributed by atoms with van der Waals surface area (Å²) in [4.78, 5) is 30.8. The van der Waals surface area contributed by atoms with Gasteiger partial charge in [0, 0.05) is 0 Å². The molecule has 0 aliphatic carbocycles. The van der Waals surface area contributed by atoms with Crippen molar-refractivity contribution in [1.29, 1.82) is 0 Å². The molecule has 1 atom stereocenters. The van der Waals surface area contributed by atoms with Crippen molar-refractivity contribution in [2.45, 2.75) is 39.6 Å². The first-order chi connectivity index (χ1) is 8.38. The predicted molar refractivity (Wildman–Crippen MR) is 64.3 cm³/mol. The first-order valence-corrected chi connectivity index (χ1v) is 5.66. The molecule has 5 heteroatoms. The molecule has 0 amide bonds. The second-order valence-electron chi connectivity index (χ2n) is 4.69. The van der Waals surface area contributed by atoms with E-state index in [0.29, 0.717) is 5.56 Å². The van der Waals surface area contributed by atoms with Crippen molar-refractivity contribution in [3.05, 3.63) is 35.9 Å². The smallest absolute Gasteiger partial charge is 0.290 e. The van der Waals surface area contributed by atoms with Gasteiger partial charge in [-0.1, -0.05) is 18.2 Å². The van der Waals surface area contributed by atoms with E-state index in [9.17, 15) is 4.79 Å². The van der Waals surface area contributed by atoms with Crippen molar-refractivity contribution < 1.29 is 24.3 Å². The summed E-state index contributed by atoms with van der Waals surface area (Å²) >= 11 is 0. The Morgan fingerprint density at radius 1 is 1.11 bits per heavy atom. The van der Waals surface area contributed by atoms with E-state index in [2.05, 4.69) is 4.89 Å². The van der Waals surface area contributed by atoms with E-state index >= 15 is 0 Å². The van der Waals surface area contributed by atoms with Crippen molar-refractivity contribution >= 4 is 5.97 Å². The van der Waals surface area contributed by atoms with Gasteiger partial charge in [0.1, 0.15) is 0 Å². The Balaban J connectivity index is 2.31. The Morgan fingerprint density at radius 3 is 2.28 bits per heavy atom.